The van der Waals surface area contributed by atoms with Crippen LogP contribution in [0, 0.1) is 13.8 Å². The van der Waals surface area contributed by atoms with Crippen LogP contribution in [0.5, 0.6) is 0 Å². The standard InChI is InChI=1S/C27H27ClN4S/c1-20-21(2)30-32(19-24-15-9-10-16-25(24)28)26(20)29-27(33)31(17-22-11-5-3-6-12-22)18-23-13-7-4-8-14-23/h3-16H,17-19H2,1-2H3,(H,29,33). The Morgan fingerprint density at radius 1 is 0.879 bits per heavy atom. The highest BCUT2D eigenvalue weighted by Gasteiger charge is 2.18. The Bertz CT molecular complexity index is 1180. The fourth-order valence-corrected chi connectivity index (χ4v) is 4.14. The summed E-state index contributed by atoms with van der Waals surface area (Å²) in [6.07, 6.45) is 0. The lowest BCUT2D eigenvalue weighted by Gasteiger charge is -2.27. The molecular weight excluding hydrogens is 448 g/mol. The Hall–Kier alpha value is -3.15. The summed E-state index contributed by atoms with van der Waals surface area (Å²) in [6.45, 7) is 6.06. The predicted octanol–water partition coefficient (Wildman–Crippen LogP) is 6.60. The van der Waals surface area contributed by atoms with E-state index in [1.165, 1.54) is 11.1 Å². The zero-order valence-electron chi connectivity index (χ0n) is 18.8. The van der Waals surface area contributed by atoms with Crippen molar-refractivity contribution >= 4 is 34.7 Å². The highest BCUT2D eigenvalue weighted by Crippen LogP contribution is 2.24. The molecule has 0 saturated heterocycles. The van der Waals surface area contributed by atoms with E-state index in [-0.39, 0.29) is 0 Å². The largest absolute Gasteiger partial charge is 0.340 e. The molecule has 33 heavy (non-hydrogen) atoms. The Balaban J connectivity index is 1.60. The van der Waals surface area contributed by atoms with Gasteiger partial charge in [-0.2, -0.15) is 5.10 Å². The molecule has 168 valence electrons. The quantitative estimate of drug-likeness (QED) is 0.306. The number of aryl methyl sites for hydroxylation is 1. The van der Waals surface area contributed by atoms with Gasteiger partial charge in [0.05, 0.1) is 12.2 Å². The van der Waals surface area contributed by atoms with Gasteiger partial charge in [-0.25, -0.2) is 4.68 Å². The topological polar surface area (TPSA) is 33.1 Å². The number of anilines is 1. The first-order valence-electron chi connectivity index (χ1n) is 10.9. The van der Waals surface area contributed by atoms with Crippen molar-refractivity contribution in [3.8, 4) is 0 Å². The van der Waals surface area contributed by atoms with Gasteiger partial charge in [0.15, 0.2) is 5.11 Å². The van der Waals surface area contributed by atoms with Crippen molar-refractivity contribution in [2.24, 2.45) is 0 Å². The molecule has 0 saturated carbocycles. The molecule has 0 radical (unpaired) electrons. The van der Waals surface area contributed by atoms with Crippen molar-refractivity contribution in [2.75, 3.05) is 5.32 Å². The highest BCUT2D eigenvalue weighted by molar-refractivity contribution is 7.80. The number of nitrogens with zero attached hydrogens (tertiary/aromatic N) is 3. The number of thiocarbonyl (C=S) groups is 1. The second-order valence-electron chi connectivity index (χ2n) is 8.07. The first kappa shape index (κ1) is 23.0. The summed E-state index contributed by atoms with van der Waals surface area (Å²) >= 11 is 12.3. The van der Waals surface area contributed by atoms with Crippen molar-refractivity contribution in [3.05, 3.63) is 118 Å². The summed E-state index contributed by atoms with van der Waals surface area (Å²) < 4.78 is 1.95. The second-order valence-corrected chi connectivity index (χ2v) is 8.86. The van der Waals surface area contributed by atoms with Crippen LogP contribution in [0.15, 0.2) is 84.9 Å². The molecule has 0 bridgehead atoms. The van der Waals surface area contributed by atoms with Crippen molar-refractivity contribution in [1.29, 1.82) is 0 Å². The summed E-state index contributed by atoms with van der Waals surface area (Å²) in [5.74, 6) is 0.892. The smallest absolute Gasteiger partial charge is 0.175 e. The Morgan fingerprint density at radius 2 is 1.42 bits per heavy atom. The van der Waals surface area contributed by atoms with Crippen LogP contribution < -0.4 is 5.32 Å². The molecular formula is C27H27ClN4S. The molecule has 0 aliphatic heterocycles. The minimum Gasteiger partial charge on any atom is -0.340 e. The third-order valence-corrected chi connectivity index (χ3v) is 6.38. The SMILES string of the molecule is Cc1nn(Cc2ccccc2Cl)c(NC(=S)N(Cc2ccccc2)Cc2ccccc2)c1C. The third-order valence-electron chi connectivity index (χ3n) is 5.65. The van der Waals surface area contributed by atoms with Gasteiger partial charge in [-0.3, -0.25) is 0 Å². The number of halogens is 1. The van der Waals surface area contributed by atoms with Gasteiger partial charge in [0.1, 0.15) is 5.82 Å². The zero-order chi connectivity index (χ0) is 23.2. The van der Waals surface area contributed by atoms with Crippen LogP contribution in [0.1, 0.15) is 27.9 Å². The van der Waals surface area contributed by atoms with Crippen molar-refractivity contribution in [2.45, 2.75) is 33.5 Å². The van der Waals surface area contributed by atoms with E-state index in [2.05, 4.69) is 65.7 Å². The summed E-state index contributed by atoms with van der Waals surface area (Å²) in [4.78, 5) is 2.18. The van der Waals surface area contributed by atoms with E-state index in [0.29, 0.717) is 24.7 Å². The lowest BCUT2D eigenvalue weighted by atomic mass is 10.2. The summed E-state index contributed by atoms with van der Waals surface area (Å²) in [6, 6.07) is 28.6. The molecule has 1 aromatic heterocycles. The predicted molar refractivity (Wildman–Crippen MR) is 141 cm³/mol. The van der Waals surface area contributed by atoms with Crippen LogP contribution in [-0.2, 0) is 19.6 Å². The average molecular weight is 475 g/mol. The fourth-order valence-electron chi connectivity index (χ4n) is 3.72. The number of aromatic nitrogens is 2. The van der Waals surface area contributed by atoms with Gasteiger partial charge in [-0.15, -0.1) is 0 Å². The van der Waals surface area contributed by atoms with Gasteiger partial charge in [0.25, 0.3) is 0 Å². The van der Waals surface area contributed by atoms with Gasteiger partial charge >= 0.3 is 0 Å². The lowest BCUT2D eigenvalue weighted by Crippen LogP contribution is -2.34. The number of rotatable bonds is 7. The molecule has 4 aromatic rings. The molecule has 4 nitrogen and oxygen atoms in total. The third kappa shape index (κ3) is 5.81. The molecule has 0 aliphatic carbocycles. The number of hydrogen-bond acceptors (Lipinski definition) is 2. The molecule has 0 amide bonds. The van der Waals surface area contributed by atoms with Crippen molar-refractivity contribution < 1.29 is 0 Å². The van der Waals surface area contributed by atoms with Crippen LogP contribution >= 0.6 is 23.8 Å². The molecule has 4 rings (SSSR count). The zero-order valence-corrected chi connectivity index (χ0v) is 20.4. The van der Waals surface area contributed by atoms with E-state index in [1.807, 2.05) is 48.0 Å². The minimum absolute atomic E-state index is 0.566. The Morgan fingerprint density at radius 3 is 2.00 bits per heavy atom. The van der Waals surface area contributed by atoms with Crippen LogP contribution in [0.3, 0.4) is 0 Å². The van der Waals surface area contributed by atoms with E-state index in [4.69, 9.17) is 28.9 Å². The first-order valence-corrected chi connectivity index (χ1v) is 11.7. The van der Waals surface area contributed by atoms with E-state index >= 15 is 0 Å². The Labute approximate surface area is 205 Å². The van der Waals surface area contributed by atoms with E-state index in [1.54, 1.807) is 0 Å². The van der Waals surface area contributed by atoms with Crippen LogP contribution in [-0.4, -0.2) is 19.8 Å². The highest BCUT2D eigenvalue weighted by atomic mass is 35.5. The van der Waals surface area contributed by atoms with Crippen LogP contribution in [0.25, 0.3) is 0 Å². The average Bonchev–Trinajstić information content (AvgIpc) is 3.09. The van der Waals surface area contributed by atoms with Gasteiger partial charge in [-0.1, -0.05) is 90.5 Å². The Kier molecular flexibility index (Phi) is 7.43. The van der Waals surface area contributed by atoms with Crippen molar-refractivity contribution in [3.63, 3.8) is 0 Å². The number of hydrogen-bond donors (Lipinski definition) is 1. The molecule has 1 N–H and O–H groups in total. The van der Waals surface area contributed by atoms with E-state index in [9.17, 15) is 0 Å². The molecule has 1 heterocycles. The van der Waals surface area contributed by atoms with E-state index < -0.39 is 0 Å². The fraction of sp³-hybridized carbons (Fsp3) is 0.185. The maximum absolute atomic E-state index is 6.41. The van der Waals surface area contributed by atoms with Gasteiger partial charge in [-0.05, 0) is 48.8 Å². The van der Waals surface area contributed by atoms with Crippen LogP contribution in [0.4, 0.5) is 5.82 Å². The molecule has 0 spiro atoms. The van der Waals surface area contributed by atoms with Gasteiger partial charge < -0.3 is 10.2 Å². The van der Waals surface area contributed by atoms with Crippen LogP contribution in [0.2, 0.25) is 5.02 Å². The monoisotopic (exact) mass is 474 g/mol. The van der Waals surface area contributed by atoms with Crippen molar-refractivity contribution in [1.82, 2.24) is 14.7 Å². The van der Waals surface area contributed by atoms with Gasteiger partial charge in [0, 0.05) is 23.7 Å². The number of benzene rings is 3. The van der Waals surface area contributed by atoms with Gasteiger partial charge in [0.2, 0.25) is 0 Å². The molecule has 3 aromatic carbocycles. The second kappa shape index (κ2) is 10.6. The normalized spacial score (nSPS) is 10.8. The molecule has 0 fully saturated rings. The summed E-state index contributed by atoms with van der Waals surface area (Å²) in [5.41, 5.74) is 5.46. The molecule has 0 atom stereocenters. The summed E-state index contributed by atoms with van der Waals surface area (Å²) in [7, 11) is 0. The molecule has 0 unspecified atom stereocenters. The maximum Gasteiger partial charge on any atom is 0.175 e. The summed E-state index contributed by atoms with van der Waals surface area (Å²) in [5, 5.41) is 9.63. The minimum atomic E-state index is 0.566. The maximum atomic E-state index is 6.41. The van der Waals surface area contributed by atoms with E-state index in [0.717, 1.165) is 27.7 Å². The lowest BCUT2D eigenvalue weighted by molar-refractivity contribution is 0.412. The first-order chi connectivity index (χ1) is 16.0. The number of nitrogens with one attached hydrogen (secondary N) is 1. The molecule has 0 aliphatic rings. The molecule has 6 heteroatoms.